The fourth-order valence-corrected chi connectivity index (χ4v) is 0.968. The molecular formula is C7H9O5. The van der Waals surface area contributed by atoms with E-state index in [1.54, 1.807) is 0 Å². The molecule has 0 saturated carbocycles. The maximum atomic E-state index is 11.0. The summed E-state index contributed by atoms with van der Waals surface area (Å²) in [5.74, 6) is -0.484. The van der Waals surface area contributed by atoms with Crippen molar-refractivity contribution in [3.63, 3.8) is 0 Å². The molecule has 1 unspecified atom stereocenters. The number of carbonyl (C=O) groups excluding carboxylic acids is 2. The van der Waals surface area contributed by atoms with Gasteiger partial charge in [0, 0.05) is 6.61 Å². The number of carbonyl (C=O) groups is 1. The highest BCUT2D eigenvalue weighted by atomic mass is 16.7. The van der Waals surface area contributed by atoms with E-state index >= 15 is 0 Å². The molecule has 12 heavy (non-hydrogen) atoms. The SMILES string of the molecule is O=[C]OCOC(=O)C1CCCO1. The Hall–Kier alpha value is -1.10. The van der Waals surface area contributed by atoms with Crippen LogP contribution in [0.5, 0.6) is 0 Å². The van der Waals surface area contributed by atoms with E-state index in [2.05, 4.69) is 9.47 Å². The van der Waals surface area contributed by atoms with Crippen LogP contribution in [0.15, 0.2) is 0 Å². The molecular weight excluding hydrogens is 164 g/mol. The van der Waals surface area contributed by atoms with Gasteiger partial charge in [0.15, 0.2) is 6.10 Å². The number of esters is 1. The summed E-state index contributed by atoms with van der Waals surface area (Å²) in [4.78, 5) is 20.5. The number of hydrogen-bond acceptors (Lipinski definition) is 5. The van der Waals surface area contributed by atoms with Crippen molar-refractivity contribution in [2.24, 2.45) is 0 Å². The summed E-state index contributed by atoms with van der Waals surface area (Å²) in [7, 11) is 0. The first-order valence-corrected chi connectivity index (χ1v) is 3.62. The minimum Gasteiger partial charge on any atom is -0.426 e. The van der Waals surface area contributed by atoms with Gasteiger partial charge in [0.25, 0.3) is 0 Å². The van der Waals surface area contributed by atoms with Crippen molar-refractivity contribution in [3.05, 3.63) is 0 Å². The Morgan fingerprint density at radius 3 is 3.08 bits per heavy atom. The molecule has 1 radical (unpaired) electrons. The van der Waals surface area contributed by atoms with E-state index in [1.807, 2.05) is 0 Å². The van der Waals surface area contributed by atoms with Gasteiger partial charge < -0.3 is 14.2 Å². The molecule has 1 atom stereocenters. The van der Waals surface area contributed by atoms with E-state index in [1.165, 1.54) is 0 Å². The summed E-state index contributed by atoms with van der Waals surface area (Å²) >= 11 is 0. The molecule has 5 heteroatoms. The zero-order valence-corrected chi connectivity index (χ0v) is 6.45. The predicted molar refractivity (Wildman–Crippen MR) is 36.7 cm³/mol. The number of hydrogen-bond donors (Lipinski definition) is 0. The first-order valence-electron chi connectivity index (χ1n) is 3.62. The highest BCUT2D eigenvalue weighted by molar-refractivity contribution is 5.74. The van der Waals surface area contributed by atoms with Gasteiger partial charge in [-0.25, -0.2) is 9.59 Å². The van der Waals surface area contributed by atoms with Crippen LogP contribution in [0, 0.1) is 0 Å². The van der Waals surface area contributed by atoms with E-state index in [9.17, 15) is 9.59 Å². The molecule has 5 nitrogen and oxygen atoms in total. The van der Waals surface area contributed by atoms with Gasteiger partial charge in [0.1, 0.15) is 0 Å². The molecule has 1 saturated heterocycles. The van der Waals surface area contributed by atoms with Crippen molar-refractivity contribution in [2.45, 2.75) is 18.9 Å². The van der Waals surface area contributed by atoms with Gasteiger partial charge >= 0.3 is 12.4 Å². The van der Waals surface area contributed by atoms with Crippen molar-refractivity contribution < 1.29 is 23.8 Å². The average Bonchev–Trinajstić information content (AvgIpc) is 2.56. The average molecular weight is 173 g/mol. The van der Waals surface area contributed by atoms with Crippen LogP contribution in [-0.4, -0.2) is 31.9 Å². The molecule has 0 N–H and O–H groups in total. The molecule has 0 aromatic heterocycles. The van der Waals surface area contributed by atoms with Crippen LogP contribution in [0.3, 0.4) is 0 Å². The molecule has 67 valence electrons. The maximum absolute atomic E-state index is 11.0. The second kappa shape index (κ2) is 4.71. The third-order valence-electron chi connectivity index (χ3n) is 1.51. The van der Waals surface area contributed by atoms with Crippen molar-refractivity contribution in [1.29, 1.82) is 0 Å². The zero-order valence-electron chi connectivity index (χ0n) is 6.45. The third-order valence-corrected chi connectivity index (χ3v) is 1.51. The summed E-state index contributed by atoms with van der Waals surface area (Å²) in [6.07, 6.45) is 1.05. The first kappa shape index (κ1) is 8.99. The minimum atomic E-state index is -0.486. The highest BCUT2D eigenvalue weighted by Crippen LogP contribution is 2.12. The van der Waals surface area contributed by atoms with E-state index in [-0.39, 0.29) is 6.79 Å². The van der Waals surface area contributed by atoms with E-state index in [0.717, 1.165) is 12.9 Å². The molecule has 0 aliphatic carbocycles. The Kier molecular flexibility index (Phi) is 3.53. The summed E-state index contributed by atoms with van der Waals surface area (Å²) in [6, 6.07) is 0. The van der Waals surface area contributed by atoms with Gasteiger partial charge in [-0.15, -0.1) is 0 Å². The standard InChI is InChI=1S/C7H9O5/c8-4-10-5-12-7(9)6-2-1-3-11-6/h6H,1-3,5H2. The van der Waals surface area contributed by atoms with E-state index in [0.29, 0.717) is 13.0 Å². The second-order valence-corrected chi connectivity index (χ2v) is 2.31. The molecule has 1 aliphatic heterocycles. The Morgan fingerprint density at radius 1 is 1.67 bits per heavy atom. The van der Waals surface area contributed by atoms with Gasteiger partial charge in [-0.1, -0.05) is 0 Å². The van der Waals surface area contributed by atoms with Crippen LogP contribution >= 0.6 is 0 Å². The van der Waals surface area contributed by atoms with Gasteiger partial charge in [-0.3, -0.25) is 0 Å². The smallest absolute Gasteiger partial charge is 0.420 e. The summed E-state index contributed by atoms with van der Waals surface area (Å²) < 4.78 is 13.6. The molecule has 1 fully saturated rings. The second-order valence-electron chi connectivity index (χ2n) is 2.31. The van der Waals surface area contributed by atoms with Crippen molar-refractivity contribution in [1.82, 2.24) is 0 Å². The van der Waals surface area contributed by atoms with E-state index < -0.39 is 12.1 Å². The molecule has 0 aromatic carbocycles. The Morgan fingerprint density at radius 2 is 2.50 bits per heavy atom. The molecule has 1 heterocycles. The lowest BCUT2D eigenvalue weighted by Gasteiger charge is -2.07. The van der Waals surface area contributed by atoms with Crippen LogP contribution in [0.1, 0.15) is 12.8 Å². The molecule has 0 aromatic rings. The summed E-state index contributed by atoms with van der Waals surface area (Å²) in [5.41, 5.74) is 0. The molecule has 0 amide bonds. The van der Waals surface area contributed by atoms with Crippen molar-refractivity contribution >= 4 is 12.4 Å². The summed E-state index contributed by atoms with van der Waals surface area (Å²) in [5, 5.41) is 0. The van der Waals surface area contributed by atoms with Crippen molar-refractivity contribution in [3.8, 4) is 0 Å². The molecule has 0 spiro atoms. The first-order chi connectivity index (χ1) is 5.84. The van der Waals surface area contributed by atoms with Crippen molar-refractivity contribution in [2.75, 3.05) is 13.4 Å². The Balaban J connectivity index is 2.14. The Bertz CT molecular complexity index is 161. The van der Waals surface area contributed by atoms with Crippen LogP contribution in [0.25, 0.3) is 0 Å². The van der Waals surface area contributed by atoms with Gasteiger partial charge in [-0.2, -0.15) is 0 Å². The lowest BCUT2D eigenvalue weighted by molar-refractivity contribution is -0.161. The quantitative estimate of drug-likeness (QED) is 0.333. The zero-order chi connectivity index (χ0) is 8.81. The number of ether oxygens (including phenoxy) is 3. The molecule has 1 aliphatic rings. The van der Waals surface area contributed by atoms with Gasteiger partial charge in [0.05, 0.1) is 0 Å². The van der Waals surface area contributed by atoms with Gasteiger partial charge in [0.2, 0.25) is 6.79 Å². The van der Waals surface area contributed by atoms with E-state index in [4.69, 9.17) is 4.74 Å². The maximum Gasteiger partial charge on any atom is 0.420 e. The van der Waals surface area contributed by atoms with Gasteiger partial charge in [-0.05, 0) is 12.8 Å². The van der Waals surface area contributed by atoms with Crippen LogP contribution in [0.2, 0.25) is 0 Å². The predicted octanol–water partition coefficient (Wildman–Crippen LogP) is -0.250. The minimum absolute atomic E-state index is 0.387. The number of rotatable bonds is 4. The lowest BCUT2D eigenvalue weighted by Crippen LogP contribution is -2.23. The van der Waals surface area contributed by atoms with Crippen LogP contribution < -0.4 is 0 Å². The lowest BCUT2D eigenvalue weighted by atomic mass is 10.2. The normalized spacial score (nSPS) is 21.8. The Labute approximate surface area is 69.6 Å². The van der Waals surface area contributed by atoms with Crippen LogP contribution in [0.4, 0.5) is 0 Å². The fourth-order valence-electron chi connectivity index (χ4n) is 0.968. The molecule has 1 rings (SSSR count). The summed E-state index contributed by atoms with van der Waals surface area (Å²) in [6.45, 7) is 1.34. The topological polar surface area (TPSA) is 61.8 Å². The monoisotopic (exact) mass is 173 g/mol. The highest BCUT2D eigenvalue weighted by Gasteiger charge is 2.24. The molecule has 0 bridgehead atoms. The fraction of sp³-hybridized carbons (Fsp3) is 0.714. The third kappa shape index (κ3) is 2.50. The van der Waals surface area contributed by atoms with Crippen LogP contribution in [-0.2, 0) is 23.8 Å². The largest absolute Gasteiger partial charge is 0.426 e.